The Morgan fingerprint density at radius 2 is 1.76 bits per heavy atom. The van der Waals surface area contributed by atoms with Crippen LogP contribution < -0.4 is 10.5 Å². The van der Waals surface area contributed by atoms with Crippen LogP contribution in [0.1, 0.15) is 0 Å². The SMILES string of the molecule is I.Nc1nc(-c2ccc(Oc3ccccc3Cl)cc2)cs1. The van der Waals surface area contributed by atoms with Crippen molar-refractivity contribution in [2.75, 3.05) is 5.73 Å². The molecule has 2 aromatic carbocycles. The number of nitrogens with two attached hydrogens (primary N) is 1. The van der Waals surface area contributed by atoms with Gasteiger partial charge in [0.25, 0.3) is 0 Å². The Kier molecular flexibility index (Phi) is 5.44. The minimum atomic E-state index is 0. The van der Waals surface area contributed by atoms with E-state index < -0.39 is 0 Å². The fourth-order valence-electron chi connectivity index (χ4n) is 1.77. The van der Waals surface area contributed by atoms with E-state index in [-0.39, 0.29) is 24.0 Å². The minimum Gasteiger partial charge on any atom is -0.456 e. The summed E-state index contributed by atoms with van der Waals surface area (Å²) in [4.78, 5) is 4.24. The van der Waals surface area contributed by atoms with Gasteiger partial charge in [0.15, 0.2) is 5.13 Å². The molecule has 108 valence electrons. The molecule has 0 fully saturated rings. The molecule has 3 nitrogen and oxygen atoms in total. The molecule has 0 saturated heterocycles. The summed E-state index contributed by atoms with van der Waals surface area (Å²) in [7, 11) is 0. The number of para-hydroxylation sites is 1. The molecule has 21 heavy (non-hydrogen) atoms. The molecular formula is C15H12ClIN2OS. The van der Waals surface area contributed by atoms with E-state index >= 15 is 0 Å². The number of nitrogen functional groups attached to an aromatic ring is 1. The second-order valence-corrected chi connectivity index (χ2v) is 5.42. The Hall–Kier alpha value is -1.31. The minimum absolute atomic E-state index is 0. The van der Waals surface area contributed by atoms with E-state index in [9.17, 15) is 0 Å². The van der Waals surface area contributed by atoms with Gasteiger partial charge in [0.1, 0.15) is 11.5 Å². The number of hydrogen-bond acceptors (Lipinski definition) is 4. The predicted molar refractivity (Wildman–Crippen MR) is 98.9 cm³/mol. The number of thiazole rings is 1. The van der Waals surface area contributed by atoms with Crippen molar-refractivity contribution in [2.24, 2.45) is 0 Å². The van der Waals surface area contributed by atoms with Gasteiger partial charge in [-0.05, 0) is 36.4 Å². The summed E-state index contributed by atoms with van der Waals surface area (Å²) >= 11 is 7.48. The van der Waals surface area contributed by atoms with Crippen LogP contribution in [0.4, 0.5) is 5.13 Å². The van der Waals surface area contributed by atoms with E-state index in [4.69, 9.17) is 22.1 Å². The Morgan fingerprint density at radius 3 is 2.38 bits per heavy atom. The summed E-state index contributed by atoms with van der Waals surface area (Å²) in [5, 5.41) is 3.08. The third-order valence-corrected chi connectivity index (χ3v) is 3.72. The number of anilines is 1. The third kappa shape index (κ3) is 3.87. The Balaban J connectivity index is 0.00000161. The van der Waals surface area contributed by atoms with E-state index in [2.05, 4.69) is 4.98 Å². The van der Waals surface area contributed by atoms with Crippen molar-refractivity contribution in [1.29, 1.82) is 0 Å². The average Bonchev–Trinajstić information content (AvgIpc) is 2.89. The topological polar surface area (TPSA) is 48.1 Å². The summed E-state index contributed by atoms with van der Waals surface area (Å²) in [5.41, 5.74) is 7.51. The number of ether oxygens (including phenoxy) is 1. The van der Waals surface area contributed by atoms with E-state index in [1.54, 1.807) is 6.07 Å². The molecule has 3 aromatic rings. The van der Waals surface area contributed by atoms with Gasteiger partial charge in [0.05, 0.1) is 10.7 Å². The van der Waals surface area contributed by atoms with Crippen LogP contribution in [0.2, 0.25) is 5.02 Å². The first-order valence-electron chi connectivity index (χ1n) is 5.96. The molecule has 0 aliphatic rings. The van der Waals surface area contributed by atoms with Crippen LogP contribution in [0, 0.1) is 0 Å². The van der Waals surface area contributed by atoms with Crippen molar-refractivity contribution < 1.29 is 4.74 Å². The number of halogens is 2. The van der Waals surface area contributed by atoms with Crippen molar-refractivity contribution >= 4 is 52.0 Å². The highest BCUT2D eigenvalue weighted by Crippen LogP contribution is 2.30. The highest BCUT2D eigenvalue weighted by molar-refractivity contribution is 14.0. The molecule has 0 radical (unpaired) electrons. The molecule has 3 rings (SSSR count). The van der Waals surface area contributed by atoms with Crippen LogP contribution in [0.3, 0.4) is 0 Å². The lowest BCUT2D eigenvalue weighted by Gasteiger charge is -2.07. The molecule has 0 saturated carbocycles. The lowest BCUT2D eigenvalue weighted by molar-refractivity contribution is 0.483. The summed E-state index contributed by atoms with van der Waals surface area (Å²) < 4.78 is 5.73. The summed E-state index contributed by atoms with van der Waals surface area (Å²) in [6.07, 6.45) is 0. The largest absolute Gasteiger partial charge is 0.456 e. The maximum atomic E-state index is 6.06. The number of aromatic nitrogens is 1. The number of hydrogen-bond donors (Lipinski definition) is 1. The molecule has 1 heterocycles. The molecule has 1 aromatic heterocycles. The van der Waals surface area contributed by atoms with Crippen molar-refractivity contribution in [3.05, 3.63) is 58.9 Å². The highest BCUT2D eigenvalue weighted by Gasteiger charge is 2.05. The standard InChI is InChI=1S/C15H11ClN2OS.HI/c16-12-3-1-2-4-14(12)19-11-7-5-10(6-8-11)13-9-20-15(17)18-13;/h1-9H,(H2,17,18);1H. The van der Waals surface area contributed by atoms with E-state index in [0.29, 0.717) is 15.9 Å². The number of rotatable bonds is 3. The molecular weight excluding hydrogens is 419 g/mol. The molecule has 0 spiro atoms. The van der Waals surface area contributed by atoms with Crippen LogP contribution in [-0.4, -0.2) is 4.98 Å². The van der Waals surface area contributed by atoms with Crippen LogP contribution in [-0.2, 0) is 0 Å². The summed E-state index contributed by atoms with van der Waals surface area (Å²) in [5.74, 6) is 1.37. The van der Waals surface area contributed by atoms with Gasteiger partial charge < -0.3 is 10.5 Å². The summed E-state index contributed by atoms with van der Waals surface area (Å²) in [6.45, 7) is 0. The molecule has 6 heteroatoms. The first-order chi connectivity index (χ1) is 9.72. The highest BCUT2D eigenvalue weighted by atomic mass is 127. The zero-order chi connectivity index (χ0) is 13.9. The summed E-state index contributed by atoms with van der Waals surface area (Å²) in [6, 6.07) is 15.0. The Labute approximate surface area is 148 Å². The van der Waals surface area contributed by atoms with E-state index in [0.717, 1.165) is 17.0 Å². The van der Waals surface area contributed by atoms with Gasteiger partial charge in [0, 0.05) is 10.9 Å². The second-order valence-electron chi connectivity index (χ2n) is 4.13. The fourth-order valence-corrected chi connectivity index (χ4v) is 2.51. The maximum Gasteiger partial charge on any atom is 0.180 e. The first kappa shape index (κ1) is 16.1. The molecule has 0 amide bonds. The zero-order valence-electron chi connectivity index (χ0n) is 10.8. The van der Waals surface area contributed by atoms with Crippen LogP contribution in [0.5, 0.6) is 11.5 Å². The van der Waals surface area contributed by atoms with Crippen LogP contribution in [0.25, 0.3) is 11.3 Å². The molecule has 0 aliphatic heterocycles. The Morgan fingerprint density at radius 1 is 1.05 bits per heavy atom. The van der Waals surface area contributed by atoms with Crippen molar-refractivity contribution in [3.63, 3.8) is 0 Å². The smallest absolute Gasteiger partial charge is 0.180 e. The van der Waals surface area contributed by atoms with Gasteiger partial charge in [-0.3, -0.25) is 0 Å². The van der Waals surface area contributed by atoms with Gasteiger partial charge in [-0.15, -0.1) is 35.3 Å². The van der Waals surface area contributed by atoms with Crippen LogP contribution >= 0.6 is 46.9 Å². The number of nitrogens with zero attached hydrogens (tertiary/aromatic N) is 1. The predicted octanol–water partition coefficient (Wildman–Crippen LogP) is 5.46. The normalized spacial score (nSPS) is 9.95. The van der Waals surface area contributed by atoms with Crippen LogP contribution in [0.15, 0.2) is 53.9 Å². The van der Waals surface area contributed by atoms with Gasteiger partial charge in [0.2, 0.25) is 0 Å². The molecule has 2 N–H and O–H groups in total. The van der Waals surface area contributed by atoms with Gasteiger partial charge in [-0.2, -0.15) is 0 Å². The molecule has 0 aliphatic carbocycles. The number of benzene rings is 2. The third-order valence-electron chi connectivity index (χ3n) is 2.74. The van der Waals surface area contributed by atoms with Gasteiger partial charge in [-0.25, -0.2) is 4.98 Å². The van der Waals surface area contributed by atoms with E-state index in [1.807, 2.05) is 47.8 Å². The second kappa shape index (κ2) is 7.11. The molecule has 0 atom stereocenters. The zero-order valence-corrected chi connectivity index (χ0v) is 14.7. The monoisotopic (exact) mass is 430 g/mol. The van der Waals surface area contributed by atoms with E-state index in [1.165, 1.54) is 11.3 Å². The Bertz CT molecular complexity index is 731. The lowest BCUT2D eigenvalue weighted by Crippen LogP contribution is -1.86. The average molecular weight is 431 g/mol. The maximum absolute atomic E-state index is 6.06. The molecule has 0 bridgehead atoms. The fraction of sp³-hybridized carbons (Fsp3) is 0. The lowest BCUT2D eigenvalue weighted by atomic mass is 10.2. The van der Waals surface area contributed by atoms with Crippen molar-refractivity contribution in [3.8, 4) is 22.8 Å². The van der Waals surface area contributed by atoms with Gasteiger partial charge in [-0.1, -0.05) is 23.7 Å². The van der Waals surface area contributed by atoms with Crippen molar-refractivity contribution in [2.45, 2.75) is 0 Å². The molecule has 0 unspecified atom stereocenters. The quantitative estimate of drug-likeness (QED) is 0.562. The van der Waals surface area contributed by atoms with Gasteiger partial charge >= 0.3 is 0 Å². The first-order valence-corrected chi connectivity index (χ1v) is 7.22. The van der Waals surface area contributed by atoms with Crippen molar-refractivity contribution in [1.82, 2.24) is 4.98 Å².